The van der Waals surface area contributed by atoms with Crippen LogP contribution in [0.5, 0.6) is 0 Å². The Labute approximate surface area is 176 Å². The number of aromatic nitrogens is 1. The smallest absolute Gasteiger partial charge is 0.334 e. The van der Waals surface area contributed by atoms with Crippen molar-refractivity contribution in [2.75, 3.05) is 25.3 Å². The number of thioether (sulfide) groups is 1. The number of carbonyl (C=O) groups is 1. The van der Waals surface area contributed by atoms with Crippen molar-refractivity contribution in [3.8, 4) is 0 Å². The highest BCUT2D eigenvalue weighted by Crippen LogP contribution is 2.26. The molecule has 0 saturated heterocycles. The maximum Gasteiger partial charge on any atom is 0.334 e. The molecule has 0 spiro atoms. The molecule has 0 fully saturated rings. The summed E-state index contributed by atoms with van der Waals surface area (Å²) in [4.78, 5) is 17.8. The largest absolute Gasteiger partial charge is 0.409 e. The Morgan fingerprint density at radius 2 is 2.14 bits per heavy atom. The average Bonchev–Trinajstić information content (AvgIpc) is 3.06. The maximum atomic E-state index is 12.5. The summed E-state index contributed by atoms with van der Waals surface area (Å²) in [6.45, 7) is 2.27. The molecule has 2 aromatic heterocycles. The first-order chi connectivity index (χ1) is 13.7. The van der Waals surface area contributed by atoms with E-state index in [0.717, 1.165) is 21.8 Å². The van der Waals surface area contributed by atoms with Crippen molar-refractivity contribution >= 4 is 50.8 Å². The van der Waals surface area contributed by atoms with E-state index in [4.69, 9.17) is 15.7 Å². The summed E-state index contributed by atoms with van der Waals surface area (Å²) in [5.74, 6) is -0.191. The number of nitrogens with two attached hydrogens (primary N) is 1. The van der Waals surface area contributed by atoms with E-state index >= 15 is 0 Å². The molecule has 0 aromatic carbocycles. The molecule has 29 heavy (non-hydrogen) atoms. The third-order valence-corrected chi connectivity index (χ3v) is 7.48. The second-order valence-corrected chi connectivity index (χ2v) is 9.66. The lowest BCUT2D eigenvalue weighted by molar-refractivity contribution is 0.203. The van der Waals surface area contributed by atoms with Gasteiger partial charge in [-0.3, -0.25) is 5.32 Å². The van der Waals surface area contributed by atoms with Gasteiger partial charge < -0.3 is 15.7 Å². The molecule has 13 heteroatoms. The van der Waals surface area contributed by atoms with Crippen LogP contribution in [0.2, 0.25) is 0 Å². The van der Waals surface area contributed by atoms with Gasteiger partial charge in [0.25, 0.3) is 10.0 Å². The molecule has 0 saturated carbocycles. The van der Waals surface area contributed by atoms with Crippen LogP contribution in [0.25, 0.3) is 0 Å². The first-order valence-electron chi connectivity index (χ1n) is 8.16. The zero-order valence-corrected chi connectivity index (χ0v) is 18.4. The van der Waals surface area contributed by atoms with E-state index in [9.17, 15) is 13.2 Å². The van der Waals surface area contributed by atoms with Gasteiger partial charge in [0, 0.05) is 23.3 Å². The molecular weight excluding hydrogens is 438 g/mol. The standard InChI is InChI=1S/C16H21N5O5S3/c1-9-6-14(28-12(9)4-5-26-2)29(24,25)21-16(22)19-13-8-10(27-3)7-11(18-13)15(17)20-23/h6-8,23H,4-5H2,1-3H3,(H2,17,20)(H2,18,19,21,22). The van der Waals surface area contributed by atoms with Crippen molar-refractivity contribution in [3.63, 3.8) is 0 Å². The Morgan fingerprint density at radius 1 is 1.41 bits per heavy atom. The number of anilines is 1. The van der Waals surface area contributed by atoms with E-state index in [2.05, 4.69) is 15.5 Å². The number of amidine groups is 1. The number of methoxy groups -OCH3 is 1. The third-order valence-electron chi connectivity index (χ3n) is 3.67. The monoisotopic (exact) mass is 459 g/mol. The lowest BCUT2D eigenvalue weighted by Gasteiger charge is -2.09. The quantitative estimate of drug-likeness (QED) is 0.153. The Morgan fingerprint density at radius 3 is 2.76 bits per heavy atom. The van der Waals surface area contributed by atoms with E-state index in [1.165, 1.54) is 23.9 Å². The van der Waals surface area contributed by atoms with Crippen molar-refractivity contribution in [1.29, 1.82) is 0 Å². The number of hydrogen-bond acceptors (Lipinski definition) is 9. The number of carbonyl (C=O) groups excluding carboxylic acids is 1. The zero-order valence-electron chi connectivity index (χ0n) is 15.9. The molecule has 2 amide bonds. The third kappa shape index (κ3) is 6.06. The van der Waals surface area contributed by atoms with Crippen molar-refractivity contribution in [2.45, 2.75) is 22.4 Å². The van der Waals surface area contributed by atoms with Gasteiger partial charge in [0.05, 0.1) is 6.61 Å². The molecule has 0 aliphatic rings. The average molecular weight is 460 g/mol. The van der Waals surface area contributed by atoms with E-state index in [0.29, 0.717) is 17.9 Å². The number of nitrogens with zero attached hydrogens (tertiary/aromatic N) is 2. The molecule has 0 radical (unpaired) electrons. The van der Waals surface area contributed by atoms with Gasteiger partial charge in [0.15, 0.2) is 5.84 Å². The number of sulfonamides is 1. The van der Waals surface area contributed by atoms with E-state index in [-0.39, 0.29) is 21.6 Å². The Bertz CT molecular complexity index is 1020. The van der Waals surface area contributed by atoms with E-state index < -0.39 is 16.1 Å². The predicted octanol–water partition coefficient (Wildman–Crippen LogP) is 1.97. The topological polar surface area (TPSA) is 156 Å². The van der Waals surface area contributed by atoms with Gasteiger partial charge >= 0.3 is 6.03 Å². The van der Waals surface area contributed by atoms with Crippen LogP contribution >= 0.6 is 23.1 Å². The molecule has 0 unspecified atom stereocenters. The number of rotatable bonds is 8. The highest BCUT2D eigenvalue weighted by atomic mass is 32.2. The predicted molar refractivity (Wildman–Crippen MR) is 113 cm³/mol. The molecule has 158 valence electrons. The summed E-state index contributed by atoms with van der Waals surface area (Å²) in [6.07, 6.45) is 2.37. The molecule has 0 bridgehead atoms. The number of hydrogen-bond donors (Lipinski definition) is 4. The zero-order chi connectivity index (χ0) is 21.6. The fourth-order valence-electron chi connectivity index (χ4n) is 2.25. The molecule has 2 aromatic rings. The minimum Gasteiger partial charge on any atom is -0.409 e. The number of nitrogens with one attached hydrogen (secondary N) is 2. The van der Waals surface area contributed by atoms with Gasteiger partial charge in [0.1, 0.15) is 15.7 Å². The summed E-state index contributed by atoms with van der Waals surface area (Å²) in [6, 6.07) is 3.62. The fourth-order valence-corrected chi connectivity index (χ4v) is 5.18. The van der Waals surface area contributed by atoms with Crippen LogP contribution in [0.1, 0.15) is 16.1 Å². The van der Waals surface area contributed by atoms with Crippen molar-refractivity contribution < 1.29 is 23.2 Å². The van der Waals surface area contributed by atoms with Gasteiger partial charge in [-0.05, 0) is 36.9 Å². The molecule has 10 nitrogen and oxygen atoms in total. The normalized spacial score (nSPS) is 12.0. The fraction of sp³-hybridized carbons (Fsp3) is 0.312. The lowest BCUT2D eigenvalue weighted by Crippen LogP contribution is -2.34. The van der Waals surface area contributed by atoms with Crippen LogP contribution in [0.3, 0.4) is 0 Å². The number of urea groups is 1. The number of aryl methyl sites for hydroxylation is 1. The Hall–Kier alpha value is -2.35. The number of ether oxygens (including phenoxy) is 1. The second-order valence-electron chi connectivity index (χ2n) is 5.74. The lowest BCUT2D eigenvalue weighted by atomic mass is 10.2. The summed E-state index contributed by atoms with van der Waals surface area (Å²) in [5.41, 5.74) is 6.49. The van der Waals surface area contributed by atoms with Crippen molar-refractivity contribution in [2.24, 2.45) is 10.9 Å². The van der Waals surface area contributed by atoms with Gasteiger partial charge in [-0.2, -0.15) is 0 Å². The van der Waals surface area contributed by atoms with Crippen LogP contribution in [0.15, 0.2) is 32.5 Å². The van der Waals surface area contributed by atoms with Crippen LogP contribution in [0, 0.1) is 6.92 Å². The summed E-state index contributed by atoms with van der Waals surface area (Å²) in [7, 11) is -2.49. The van der Waals surface area contributed by atoms with Crippen LogP contribution in [0.4, 0.5) is 10.6 Å². The Kier molecular flexibility index (Phi) is 7.84. The molecule has 0 aliphatic heterocycles. The highest BCUT2D eigenvalue weighted by Gasteiger charge is 2.22. The van der Waals surface area contributed by atoms with Crippen LogP contribution in [-0.4, -0.2) is 50.4 Å². The molecule has 5 N–H and O–H groups in total. The number of pyridine rings is 1. The molecule has 0 atom stereocenters. The Balaban J connectivity index is 2.18. The van der Waals surface area contributed by atoms with Gasteiger partial charge in [-0.1, -0.05) is 5.16 Å². The van der Waals surface area contributed by atoms with Crippen molar-refractivity contribution in [1.82, 2.24) is 9.71 Å². The van der Waals surface area contributed by atoms with Gasteiger partial charge in [-0.25, -0.2) is 22.9 Å². The van der Waals surface area contributed by atoms with Crippen LogP contribution in [-0.2, 0) is 21.2 Å². The summed E-state index contributed by atoms with van der Waals surface area (Å²) in [5, 5.41) is 14.0. The molecular formula is C16H21N5O5S3. The number of amides is 2. The van der Waals surface area contributed by atoms with Gasteiger partial charge in [0.2, 0.25) is 0 Å². The number of oxime groups is 1. The minimum atomic E-state index is -4.06. The SMILES string of the molecule is COCCc1sc(S(=O)(=O)NC(=O)Nc2cc(SC)cc(/C(N)=N/O)n2)cc1C. The number of thiophene rings is 1. The summed E-state index contributed by atoms with van der Waals surface area (Å²) >= 11 is 2.42. The van der Waals surface area contributed by atoms with E-state index in [1.54, 1.807) is 26.4 Å². The minimum absolute atomic E-state index is 0.0272. The van der Waals surface area contributed by atoms with E-state index in [1.807, 2.05) is 4.72 Å². The molecule has 2 rings (SSSR count). The first kappa shape index (κ1) is 22.9. The molecule has 2 heterocycles. The second kappa shape index (κ2) is 9.91. The maximum absolute atomic E-state index is 12.5. The summed E-state index contributed by atoms with van der Waals surface area (Å²) < 4.78 is 32.1. The van der Waals surface area contributed by atoms with Crippen LogP contribution < -0.4 is 15.8 Å². The van der Waals surface area contributed by atoms with Gasteiger partial charge in [-0.15, -0.1) is 23.1 Å². The first-order valence-corrected chi connectivity index (χ1v) is 11.7. The van der Waals surface area contributed by atoms with Crippen molar-refractivity contribution in [3.05, 3.63) is 34.3 Å². The highest BCUT2D eigenvalue weighted by molar-refractivity contribution is 7.98. The molecule has 0 aliphatic carbocycles.